The van der Waals surface area contributed by atoms with Crippen molar-refractivity contribution in [1.82, 2.24) is 10.2 Å². The van der Waals surface area contributed by atoms with E-state index in [1.807, 2.05) is 0 Å². The third-order valence-corrected chi connectivity index (χ3v) is 4.58. The second kappa shape index (κ2) is 6.17. The summed E-state index contributed by atoms with van der Waals surface area (Å²) in [5.74, 6) is 0. The molecule has 0 aromatic heterocycles. The van der Waals surface area contributed by atoms with Crippen molar-refractivity contribution in [2.45, 2.75) is 57.0 Å². The largest absolute Gasteiger partial charge is 0.385 e. The maximum atomic E-state index is 5.20. The Kier molecular flexibility index (Phi) is 4.83. The number of nitrogens with zero attached hydrogens (tertiary/aromatic N) is 1. The number of ether oxygens (including phenoxy) is 1. The van der Waals surface area contributed by atoms with Gasteiger partial charge in [-0.15, -0.1) is 0 Å². The number of hydrogen-bond acceptors (Lipinski definition) is 3. The van der Waals surface area contributed by atoms with Crippen LogP contribution in [0, 0.1) is 0 Å². The van der Waals surface area contributed by atoms with Crippen LogP contribution in [0.5, 0.6) is 0 Å². The molecule has 3 heteroatoms. The minimum Gasteiger partial charge on any atom is -0.385 e. The van der Waals surface area contributed by atoms with Crippen molar-refractivity contribution in [3.63, 3.8) is 0 Å². The molecule has 2 rings (SSSR count). The number of methoxy groups -OCH3 is 1. The number of piperazine rings is 1. The van der Waals surface area contributed by atoms with Crippen LogP contribution < -0.4 is 5.32 Å². The summed E-state index contributed by atoms with van der Waals surface area (Å²) in [6.45, 7) is 6.85. The van der Waals surface area contributed by atoms with Crippen LogP contribution in [0.3, 0.4) is 0 Å². The summed E-state index contributed by atoms with van der Waals surface area (Å²) in [6, 6.07) is 0.663. The molecule has 0 bridgehead atoms. The van der Waals surface area contributed by atoms with Crippen molar-refractivity contribution in [3.05, 3.63) is 0 Å². The number of rotatable bonds is 4. The summed E-state index contributed by atoms with van der Waals surface area (Å²) >= 11 is 0. The summed E-state index contributed by atoms with van der Waals surface area (Å²) in [4.78, 5) is 2.67. The maximum absolute atomic E-state index is 5.20. The van der Waals surface area contributed by atoms with Gasteiger partial charge in [-0.3, -0.25) is 4.90 Å². The number of nitrogens with one attached hydrogen (secondary N) is 1. The van der Waals surface area contributed by atoms with Gasteiger partial charge in [0.25, 0.3) is 0 Å². The van der Waals surface area contributed by atoms with Crippen LogP contribution in [0.25, 0.3) is 0 Å². The Labute approximate surface area is 106 Å². The van der Waals surface area contributed by atoms with Crippen LogP contribution in [-0.2, 0) is 4.74 Å². The molecule has 1 saturated carbocycles. The van der Waals surface area contributed by atoms with E-state index in [1.54, 1.807) is 7.11 Å². The van der Waals surface area contributed by atoms with Gasteiger partial charge in [0.15, 0.2) is 0 Å². The smallest absolute Gasteiger partial charge is 0.0477 e. The molecule has 1 aliphatic heterocycles. The Morgan fingerprint density at radius 2 is 2.06 bits per heavy atom. The highest BCUT2D eigenvalue weighted by Gasteiger charge is 2.37. The van der Waals surface area contributed by atoms with Crippen molar-refractivity contribution in [2.75, 3.05) is 33.4 Å². The Hall–Kier alpha value is -0.120. The molecule has 17 heavy (non-hydrogen) atoms. The average molecular weight is 240 g/mol. The van der Waals surface area contributed by atoms with Gasteiger partial charge in [0.1, 0.15) is 0 Å². The van der Waals surface area contributed by atoms with Gasteiger partial charge in [0, 0.05) is 44.9 Å². The molecule has 1 heterocycles. The minimum atomic E-state index is 0.442. The lowest BCUT2D eigenvalue weighted by molar-refractivity contribution is 0.0594. The van der Waals surface area contributed by atoms with E-state index in [0.717, 1.165) is 19.6 Å². The Bertz CT molecular complexity index is 221. The molecule has 1 unspecified atom stereocenters. The fourth-order valence-electron chi connectivity index (χ4n) is 3.40. The molecule has 0 amide bonds. The van der Waals surface area contributed by atoms with E-state index in [-0.39, 0.29) is 0 Å². The van der Waals surface area contributed by atoms with Crippen LogP contribution in [0.2, 0.25) is 0 Å². The molecule has 1 spiro atoms. The Morgan fingerprint density at radius 1 is 1.29 bits per heavy atom. The van der Waals surface area contributed by atoms with Crippen molar-refractivity contribution >= 4 is 0 Å². The second-order valence-electron chi connectivity index (χ2n) is 5.87. The molecular weight excluding hydrogens is 212 g/mol. The highest BCUT2D eigenvalue weighted by atomic mass is 16.5. The third-order valence-electron chi connectivity index (χ3n) is 4.58. The maximum Gasteiger partial charge on any atom is 0.0477 e. The topological polar surface area (TPSA) is 24.5 Å². The van der Waals surface area contributed by atoms with Crippen molar-refractivity contribution < 1.29 is 4.74 Å². The predicted molar refractivity (Wildman–Crippen MR) is 71.3 cm³/mol. The van der Waals surface area contributed by atoms with E-state index in [2.05, 4.69) is 17.1 Å². The van der Waals surface area contributed by atoms with Gasteiger partial charge < -0.3 is 10.1 Å². The molecule has 1 N–H and O–H groups in total. The van der Waals surface area contributed by atoms with Gasteiger partial charge >= 0.3 is 0 Å². The van der Waals surface area contributed by atoms with Crippen molar-refractivity contribution in [1.29, 1.82) is 0 Å². The van der Waals surface area contributed by atoms with Crippen molar-refractivity contribution in [3.8, 4) is 0 Å². The minimum absolute atomic E-state index is 0.442. The van der Waals surface area contributed by atoms with Gasteiger partial charge in [0.2, 0.25) is 0 Å². The summed E-state index contributed by atoms with van der Waals surface area (Å²) < 4.78 is 5.20. The van der Waals surface area contributed by atoms with E-state index in [9.17, 15) is 0 Å². The summed E-state index contributed by atoms with van der Waals surface area (Å²) in [5.41, 5.74) is 0.442. The van der Waals surface area contributed by atoms with E-state index in [0.29, 0.717) is 11.6 Å². The fourth-order valence-corrected chi connectivity index (χ4v) is 3.40. The normalized spacial score (nSPS) is 27.2. The average Bonchev–Trinajstić information content (AvgIpc) is 2.37. The molecule has 2 fully saturated rings. The summed E-state index contributed by atoms with van der Waals surface area (Å²) in [5, 5.41) is 3.80. The molecular formula is C14H28N2O. The predicted octanol–water partition coefficient (Wildman–Crippen LogP) is 2.02. The van der Waals surface area contributed by atoms with E-state index < -0.39 is 0 Å². The van der Waals surface area contributed by atoms with E-state index in [1.165, 1.54) is 45.2 Å². The van der Waals surface area contributed by atoms with Gasteiger partial charge in [0.05, 0.1) is 0 Å². The standard InChI is InChI=1S/C14H28N2O/c1-13(6-11-17-2)16-10-9-15-14(12-16)7-4-3-5-8-14/h13,15H,3-12H2,1-2H3. The fraction of sp³-hybridized carbons (Fsp3) is 1.00. The van der Waals surface area contributed by atoms with Crippen LogP contribution in [-0.4, -0.2) is 49.8 Å². The molecule has 1 aliphatic carbocycles. The first-order valence-corrected chi connectivity index (χ1v) is 7.24. The zero-order valence-corrected chi connectivity index (χ0v) is 11.5. The number of hydrogen-bond donors (Lipinski definition) is 1. The monoisotopic (exact) mass is 240 g/mol. The Balaban J connectivity index is 1.87. The molecule has 3 nitrogen and oxygen atoms in total. The zero-order valence-electron chi connectivity index (χ0n) is 11.5. The SMILES string of the molecule is COCCC(C)N1CCNC2(CCCCC2)C1. The molecule has 1 saturated heterocycles. The molecule has 1 atom stereocenters. The first kappa shape index (κ1) is 13.3. The van der Waals surface area contributed by atoms with Gasteiger partial charge in [-0.1, -0.05) is 19.3 Å². The lowest BCUT2D eigenvalue weighted by Gasteiger charge is -2.48. The first-order valence-electron chi connectivity index (χ1n) is 7.24. The molecule has 0 aromatic rings. The second-order valence-corrected chi connectivity index (χ2v) is 5.87. The van der Waals surface area contributed by atoms with Crippen LogP contribution in [0.4, 0.5) is 0 Å². The highest BCUT2D eigenvalue weighted by molar-refractivity contribution is 4.97. The van der Waals surface area contributed by atoms with Gasteiger partial charge in [-0.05, 0) is 26.2 Å². The lowest BCUT2D eigenvalue weighted by Crippen LogP contribution is -2.62. The first-order chi connectivity index (χ1) is 8.26. The van der Waals surface area contributed by atoms with Gasteiger partial charge in [-0.25, -0.2) is 0 Å². The van der Waals surface area contributed by atoms with E-state index in [4.69, 9.17) is 4.74 Å². The summed E-state index contributed by atoms with van der Waals surface area (Å²) in [7, 11) is 1.80. The highest BCUT2D eigenvalue weighted by Crippen LogP contribution is 2.31. The molecule has 100 valence electrons. The van der Waals surface area contributed by atoms with Gasteiger partial charge in [-0.2, -0.15) is 0 Å². The molecule has 0 radical (unpaired) electrons. The molecule has 0 aromatic carbocycles. The third kappa shape index (κ3) is 3.43. The van der Waals surface area contributed by atoms with Crippen LogP contribution >= 0.6 is 0 Å². The van der Waals surface area contributed by atoms with Crippen LogP contribution in [0.1, 0.15) is 45.4 Å². The van der Waals surface area contributed by atoms with Crippen LogP contribution in [0.15, 0.2) is 0 Å². The van der Waals surface area contributed by atoms with Crippen molar-refractivity contribution in [2.24, 2.45) is 0 Å². The summed E-state index contributed by atoms with van der Waals surface area (Å²) in [6.07, 6.45) is 8.16. The zero-order chi connectivity index (χ0) is 12.1. The molecule has 2 aliphatic rings. The quantitative estimate of drug-likeness (QED) is 0.813. The van der Waals surface area contributed by atoms with E-state index >= 15 is 0 Å². The Morgan fingerprint density at radius 3 is 2.76 bits per heavy atom. The lowest BCUT2D eigenvalue weighted by atomic mass is 9.80.